The van der Waals surface area contributed by atoms with Gasteiger partial charge in [0.05, 0.1) is 12.2 Å². The van der Waals surface area contributed by atoms with Crippen LogP contribution in [-0.4, -0.2) is 20.0 Å². The Morgan fingerprint density at radius 3 is 2.76 bits per heavy atom. The lowest BCUT2D eigenvalue weighted by atomic mass is 10.3. The van der Waals surface area contributed by atoms with Crippen molar-refractivity contribution in [2.45, 2.75) is 24.4 Å². The van der Waals surface area contributed by atoms with Gasteiger partial charge in [0.25, 0.3) is 5.22 Å². The van der Waals surface area contributed by atoms with Crippen LogP contribution in [0.2, 0.25) is 5.15 Å². The van der Waals surface area contributed by atoms with Gasteiger partial charge in [-0.05, 0) is 6.92 Å². The average Bonchev–Trinajstić information content (AvgIpc) is 2.84. The van der Waals surface area contributed by atoms with Gasteiger partial charge in [0, 0.05) is 18.4 Å². The molecule has 0 unspecified atom stereocenters. The van der Waals surface area contributed by atoms with E-state index in [1.807, 2.05) is 14.0 Å². The van der Waals surface area contributed by atoms with E-state index in [1.54, 1.807) is 4.68 Å². The molecule has 0 aliphatic carbocycles. The fourth-order valence-corrected chi connectivity index (χ4v) is 2.54. The number of halogens is 1. The van der Waals surface area contributed by atoms with E-state index in [2.05, 4.69) is 15.3 Å². The fourth-order valence-electron chi connectivity index (χ4n) is 1.35. The molecule has 92 valence electrons. The summed E-state index contributed by atoms with van der Waals surface area (Å²) in [6, 6.07) is 0. The zero-order valence-corrected chi connectivity index (χ0v) is 11.0. The van der Waals surface area contributed by atoms with Crippen molar-refractivity contribution in [3.8, 4) is 0 Å². The van der Waals surface area contributed by atoms with Gasteiger partial charge in [-0.1, -0.05) is 23.4 Å². The van der Waals surface area contributed by atoms with Crippen LogP contribution in [0, 0.1) is 6.92 Å². The summed E-state index contributed by atoms with van der Waals surface area (Å²) < 4.78 is 6.93. The second-order valence-corrected chi connectivity index (χ2v) is 4.72. The molecule has 0 atom stereocenters. The number of aryl methyl sites for hydroxylation is 2. The summed E-state index contributed by atoms with van der Waals surface area (Å²) in [5, 5.41) is 13.0. The van der Waals surface area contributed by atoms with Crippen LogP contribution >= 0.6 is 23.4 Å². The average molecular weight is 274 g/mol. The normalized spacial score (nSPS) is 11.1. The number of hydrogen-bond acceptors (Lipinski definition) is 6. The van der Waals surface area contributed by atoms with Crippen LogP contribution in [0.25, 0.3) is 0 Å². The Labute approximate surface area is 108 Å². The molecule has 0 spiro atoms. The van der Waals surface area contributed by atoms with Gasteiger partial charge in [-0.15, -0.1) is 10.2 Å². The number of rotatable bonds is 4. The molecule has 2 rings (SSSR count). The molecule has 2 aromatic rings. The summed E-state index contributed by atoms with van der Waals surface area (Å²) in [5.41, 5.74) is 7.27. The maximum absolute atomic E-state index is 6.11. The molecule has 0 saturated heterocycles. The van der Waals surface area contributed by atoms with E-state index >= 15 is 0 Å². The van der Waals surface area contributed by atoms with Crippen molar-refractivity contribution in [2.24, 2.45) is 12.8 Å². The van der Waals surface area contributed by atoms with Gasteiger partial charge in [0.15, 0.2) is 0 Å². The van der Waals surface area contributed by atoms with Gasteiger partial charge in [-0.2, -0.15) is 5.10 Å². The Hall–Kier alpha value is -1.05. The Balaban J connectivity index is 2.07. The van der Waals surface area contributed by atoms with Gasteiger partial charge in [-0.25, -0.2) is 0 Å². The molecule has 2 N–H and O–H groups in total. The largest absolute Gasteiger partial charge is 0.415 e. The lowest BCUT2D eigenvalue weighted by Crippen LogP contribution is -1.95. The molecular formula is C9H12ClN5OS. The van der Waals surface area contributed by atoms with Gasteiger partial charge in [-0.3, -0.25) is 4.68 Å². The maximum atomic E-state index is 6.11. The summed E-state index contributed by atoms with van der Waals surface area (Å²) in [7, 11) is 1.81. The highest BCUT2D eigenvalue weighted by Gasteiger charge is 2.13. The molecule has 0 aliphatic rings. The molecule has 0 aromatic carbocycles. The van der Waals surface area contributed by atoms with Crippen LogP contribution in [0.1, 0.15) is 17.1 Å². The topological polar surface area (TPSA) is 82.8 Å². The van der Waals surface area contributed by atoms with Crippen molar-refractivity contribution in [2.75, 3.05) is 0 Å². The van der Waals surface area contributed by atoms with Gasteiger partial charge < -0.3 is 10.2 Å². The minimum Gasteiger partial charge on any atom is -0.415 e. The molecule has 0 fully saturated rings. The number of thioether (sulfide) groups is 1. The molecule has 17 heavy (non-hydrogen) atoms. The van der Waals surface area contributed by atoms with Crippen LogP contribution in [-0.2, 0) is 19.3 Å². The van der Waals surface area contributed by atoms with Gasteiger partial charge in [0.2, 0.25) is 5.89 Å². The molecule has 0 aliphatic heterocycles. The quantitative estimate of drug-likeness (QED) is 0.851. The number of hydrogen-bond donors (Lipinski definition) is 1. The molecule has 8 heteroatoms. The predicted molar refractivity (Wildman–Crippen MR) is 64.7 cm³/mol. The Bertz CT molecular complexity index is 523. The highest BCUT2D eigenvalue weighted by atomic mass is 35.5. The van der Waals surface area contributed by atoms with E-state index in [0.717, 1.165) is 11.3 Å². The van der Waals surface area contributed by atoms with Crippen LogP contribution in [0.3, 0.4) is 0 Å². The predicted octanol–water partition coefficient (Wildman–Crippen LogP) is 1.52. The summed E-state index contributed by atoms with van der Waals surface area (Å²) >= 11 is 7.53. The van der Waals surface area contributed by atoms with Crippen molar-refractivity contribution >= 4 is 23.4 Å². The first-order valence-electron chi connectivity index (χ1n) is 4.95. The monoisotopic (exact) mass is 273 g/mol. The van der Waals surface area contributed by atoms with E-state index in [9.17, 15) is 0 Å². The number of aromatic nitrogens is 4. The van der Waals surface area contributed by atoms with Gasteiger partial charge in [0.1, 0.15) is 5.15 Å². The highest BCUT2D eigenvalue weighted by molar-refractivity contribution is 7.98. The SMILES string of the molecule is Cc1nn(C)c(Cl)c1CSc1nnc(CN)o1. The molecule has 0 bridgehead atoms. The van der Waals surface area contributed by atoms with Crippen molar-refractivity contribution in [3.05, 3.63) is 22.3 Å². The number of nitrogens with zero attached hydrogens (tertiary/aromatic N) is 4. The van der Waals surface area contributed by atoms with Crippen molar-refractivity contribution < 1.29 is 4.42 Å². The Kier molecular flexibility index (Phi) is 3.70. The van der Waals surface area contributed by atoms with Crippen LogP contribution in [0.4, 0.5) is 0 Å². The van der Waals surface area contributed by atoms with Crippen molar-refractivity contribution in [1.29, 1.82) is 0 Å². The van der Waals surface area contributed by atoms with Crippen LogP contribution < -0.4 is 5.73 Å². The van der Waals surface area contributed by atoms with E-state index in [0.29, 0.717) is 22.0 Å². The lowest BCUT2D eigenvalue weighted by Gasteiger charge is -1.97. The Morgan fingerprint density at radius 2 is 2.24 bits per heavy atom. The van der Waals surface area contributed by atoms with E-state index in [-0.39, 0.29) is 6.54 Å². The third-order valence-electron chi connectivity index (χ3n) is 2.23. The smallest absolute Gasteiger partial charge is 0.276 e. The highest BCUT2D eigenvalue weighted by Crippen LogP contribution is 2.27. The standard InChI is InChI=1S/C9H12ClN5OS/c1-5-6(8(10)15(2)14-5)4-17-9-13-12-7(3-11)16-9/h3-4,11H2,1-2H3. The number of nitrogens with two attached hydrogens (primary N) is 1. The van der Waals surface area contributed by atoms with Gasteiger partial charge >= 0.3 is 0 Å². The van der Waals surface area contributed by atoms with Crippen molar-refractivity contribution in [1.82, 2.24) is 20.0 Å². The second-order valence-electron chi connectivity index (χ2n) is 3.43. The summed E-state index contributed by atoms with van der Waals surface area (Å²) in [6.07, 6.45) is 0. The first-order chi connectivity index (χ1) is 8.11. The summed E-state index contributed by atoms with van der Waals surface area (Å²) in [6.45, 7) is 2.17. The molecule has 2 aromatic heterocycles. The zero-order valence-electron chi connectivity index (χ0n) is 9.47. The van der Waals surface area contributed by atoms with E-state index in [1.165, 1.54) is 11.8 Å². The fraction of sp³-hybridized carbons (Fsp3) is 0.444. The van der Waals surface area contributed by atoms with Crippen molar-refractivity contribution in [3.63, 3.8) is 0 Å². The summed E-state index contributed by atoms with van der Waals surface area (Å²) in [4.78, 5) is 0. The third kappa shape index (κ3) is 2.62. The molecule has 0 radical (unpaired) electrons. The van der Waals surface area contributed by atoms with Crippen LogP contribution in [0.5, 0.6) is 0 Å². The minimum absolute atomic E-state index is 0.250. The molecule has 0 saturated carbocycles. The molecular weight excluding hydrogens is 262 g/mol. The minimum atomic E-state index is 0.250. The molecule has 0 amide bonds. The second kappa shape index (κ2) is 5.07. The Morgan fingerprint density at radius 1 is 1.47 bits per heavy atom. The first-order valence-corrected chi connectivity index (χ1v) is 6.31. The van der Waals surface area contributed by atoms with E-state index < -0.39 is 0 Å². The maximum Gasteiger partial charge on any atom is 0.276 e. The lowest BCUT2D eigenvalue weighted by molar-refractivity contribution is 0.415. The molecule has 2 heterocycles. The van der Waals surface area contributed by atoms with Crippen LogP contribution in [0.15, 0.2) is 9.64 Å². The molecule has 6 nitrogen and oxygen atoms in total. The van der Waals surface area contributed by atoms with E-state index in [4.69, 9.17) is 21.8 Å². The summed E-state index contributed by atoms with van der Waals surface area (Å²) in [5.74, 6) is 1.08. The first kappa shape index (κ1) is 12.4. The third-order valence-corrected chi connectivity index (χ3v) is 3.55. The zero-order chi connectivity index (χ0) is 12.4.